The molecule has 206 valence electrons. The number of nitrogens with zero attached hydrogens (tertiary/aromatic N) is 7. The lowest BCUT2D eigenvalue weighted by Gasteiger charge is -2.35. The van der Waals surface area contributed by atoms with Crippen LogP contribution in [0, 0.1) is 0 Å². The number of carbonyl (C=O) groups is 1. The number of rotatable bonds is 6. The molecule has 2 aliphatic rings. The topological polar surface area (TPSA) is 114 Å². The summed E-state index contributed by atoms with van der Waals surface area (Å²) in [6.45, 7) is 7.45. The Kier molecular flexibility index (Phi) is 7.12. The van der Waals surface area contributed by atoms with Gasteiger partial charge >= 0.3 is 6.01 Å². The van der Waals surface area contributed by atoms with Crippen molar-refractivity contribution < 1.29 is 9.53 Å². The van der Waals surface area contributed by atoms with Gasteiger partial charge in [-0.1, -0.05) is 42.4 Å². The highest BCUT2D eigenvalue weighted by Gasteiger charge is 2.26. The van der Waals surface area contributed by atoms with Gasteiger partial charge in [0, 0.05) is 37.6 Å². The van der Waals surface area contributed by atoms with Crippen LogP contribution in [0.25, 0.3) is 33.2 Å². The molecule has 0 aliphatic carbocycles. The molecule has 40 heavy (non-hydrogen) atoms. The minimum atomic E-state index is -0.0758. The monoisotopic (exact) mass is 558 g/mol. The van der Waals surface area contributed by atoms with Gasteiger partial charge in [-0.15, -0.1) is 0 Å². The van der Waals surface area contributed by atoms with E-state index in [0.29, 0.717) is 77.9 Å². The molecule has 4 aromatic rings. The number of hydrogen-bond acceptors (Lipinski definition) is 9. The van der Waals surface area contributed by atoms with E-state index >= 15 is 0 Å². The van der Waals surface area contributed by atoms with E-state index in [-0.39, 0.29) is 11.9 Å². The number of aromatic nitrogens is 4. The number of likely N-dealkylation sites (N-methyl/N-ethyl adjacent to an activating group) is 1. The van der Waals surface area contributed by atoms with Crippen LogP contribution in [-0.4, -0.2) is 88.1 Å². The van der Waals surface area contributed by atoms with Crippen molar-refractivity contribution in [3.63, 3.8) is 0 Å². The highest BCUT2D eigenvalue weighted by atomic mass is 35.5. The number of likely N-dealkylation sites (tertiary alicyclic amines) is 1. The van der Waals surface area contributed by atoms with Crippen molar-refractivity contribution in [1.82, 2.24) is 29.7 Å². The molecule has 11 heteroatoms. The van der Waals surface area contributed by atoms with Crippen molar-refractivity contribution in [2.75, 3.05) is 57.0 Å². The number of anilines is 2. The van der Waals surface area contributed by atoms with Gasteiger partial charge in [0.25, 0.3) is 0 Å². The molecular formula is C29H31ClN8O2. The average molecular weight is 559 g/mol. The fourth-order valence-electron chi connectivity index (χ4n) is 5.50. The van der Waals surface area contributed by atoms with Crippen LogP contribution in [-0.2, 0) is 4.79 Å². The second kappa shape index (κ2) is 10.9. The van der Waals surface area contributed by atoms with Crippen molar-refractivity contribution in [3.05, 3.63) is 54.1 Å². The summed E-state index contributed by atoms with van der Waals surface area (Å²) in [6, 6.07) is 12.1. The van der Waals surface area contributed by atoms with Gasteiger partial charge in [0.1, 0.15) is 29.6 Å². The first kappa shape index (κ1) is 26.2. The van der Waals surface area contributed by atoms with Crippen molar-refractivity contribution in [2.45, 2.75) is 18.9 Å². The molecule has 2 N–H and O–H groups in total. The molecule has 0 spiro atoms. The summed E-state index contributed by atoms with van der Waals surface area (Å²) in [5.74, 6) is 0.983. The normalized spacial score (nSPS) is 18.0. The van der Waals surface area contributed by atoms with E-state index in [1.165, 1.54) is 6.08 Å². The van der Waals surface area contributed by atoms with E-state index in [2.05, 4.69) is 28.4 Å². The van der Waals surface area contributed by atoms with Crippen LogP contribution in [0.3, 0.4) is 0 Å². The summed E-state index contributed by atoms with van der Waals surface area (Å²) in [4.78, 5) is 37.4. The average Bonchev–Trinajstić information content (AvgIpc) is 3.39. The van der Waals surface area contributed by atoms with Gasteiger partial charge in [-0.25, -0.2) is 9.97 Å². The minimum Gasteiger partial charge on any atom is -0.462 e. The Hall–Kier alpha value is -4.02. The zero-order valence-electron chi connectivity index (χ0n) is 22.4. The summed E-state index contributed by atoms with van der Waals surface area (Å²) >= 11 is 6.87. The SMILES string of the molecule is C=CC(=O)N1CCN(c2nc(OC[C@@H]3CCCN3C)nc3nc(-c4nc(N)cc5ccccc45)c(Cl)cc23)CC1. The quantitative estimate of drug-likeness (QED) is 0.353. The largest absolute Gasteiger partial charge is 0.462 e. The number of nitrogens with two attached hydrogens (primary N) is 1. The van der Waals surface area contributed by atoms with Gasteiger partial charge in [-0.2, -0.15) is 9.97 Å². The molecule has 1 atom stereocenters. The molecule has 6 rings (SSSR count). The van der Waals surface area contributed by atoms with Crippen LogP contribution in [0.5, 0.6) is 6.01 Å². The van der Waals surface area contributed by atoms with Crippen molar-refractivity contribution in [1.29, 1.82) is 0 Å². The third-order valence-corrected chi connectivity index (χ3v) is 8.01. The number of benzene rings is 1. The molecule has 0 bridgehead atoms. The van der Waals surface area contributed by atoms with E-state index in [0.717, 1.165) is 30.2 Å². The zero-order valence-corrected chi connectivity index (χ0v) is 23.1. The molecule has 0 saturated carbocycles. The van der Waals surface area contributed by atoms with Crippen molar-refractivity contribution in [3.8, 4) is 17.4 Å². The van der Waals surface area contributed by atoms with Gasteiger partial charge in [-0.05, 0) is 50.0 Å². The third-order valence-electron chi connectivity index (χ3n) is 7.73. The summed E-state index contributed by atoms with van der Waals surface area (Å²) < 4.78 is 6.16. The van der Waals surface area contributed by atoms with Gasteiger partial charge < -0.3 is 25.2 Å². The highest BCUT2D eigenvalue weighted by molar-refractivity contribution is 6.34. The lowest BCUT2D eigenvalue weighted by atomic mass is 10.1. The fourth-order valence-corrected chi connectivity index (χ4v) is 5.74. The first-order valence-corrected chi connectivity index (χ1v) is 13.8. The molecule has 2 fully saturated rings. The number of halogens is 1. The number of piperazine rings is 1. The zero-order chi connectivity index (χ0) is 27.8. The molecule has 1 amide bonds. The summed E-state index contributed by atoms with van der Waals surface area (Å²) in [7, 11) is 2.11. The van der Waals surface area contributed by atoms with E-state index in [1.807, 2.05) is 36.4 Å². The minimum absolute atomic E-state index is 0.0758. The Morgan fingerprint density at radius 1 is 1.07 bits per heavy atom. The number of hydrogen-bond donors (Lipinski definition) is 1. The van der Waals surface area contributed by atoms with E-state index in [9.17, 15) is 4.79 Å². The first-order valence-electron chi connectivity index (χ1n) is 13.4. The fraction of sp³-hybridized carbons (Fsp3) is 0.345. The maximum absolute atomic E-state index is 12.1. The lowest BCUT2D eigenvalue weighted by molar-refractivity contribution is -0.126. The molecular weight excluding hydrogens is 528 g/mol. The highest BCUT2D eigenvalue weighted by Crippen LogP contribution is 2.36. The number of amides is 1. The second-order valence-corrected chi connectivity index (χ2v) is 10.6. The Labute approximate surface area is 237 Å². The maximum Gasteiger partial charge on any atom is 0.320 e. The van der Waals surface area contributed by atoms with Crippen LogP contribution < -0.4 is 15.4 Å². The first-order chi connectivity index (χ1) is 19.4. The van der Waals surface area contributed by atoms with Gasteiger partial charge in [0.15, 0.2) is 5.65 Å². The van der Waals surface area contributed by atoms with Crippen LogP contribution in [0.15, 0.2) is 49.1 Å². The molecule has 1 aromatic carbocycles. The number of carbonyl (C=O) groups excluding carboxylic acids is 1. The molecule has 0 unspecified atom stereocenters. The standard InChI is InChI=1S/C29H31ClN8O2/c1-3-24(39)37-11-13-38(14-12-37)28-21-16-22(30)26(25-20-9-5-4-7-18(20)15-23(31)32-25)33-27(21)34-29(35-28)40-17-19-8-6-10-36(19)2/h3-5,7,9,15-16,19H,1,6,8,10-14,17H2,2H3,(H2,31,32)/t19-/m0/s1. The Morgan fingerprint density at radius 2 is 1.88 bits per heavy atom. The lowest BCUT2D eigenvalue weighted by Crippen LogP contribution is -2.48. The van der Waals surface area contributed by atoms with Crippen molar-refractivity contribution in [2.24, 2.45) is 0 Å². The number of nitrogen functional groups attached to an aromatic ring is 1. The van der Waals surface area contributed by atoms with E-state index < -0.39 is 0 Å². The van der Waals surface area contributed by atoms with E-state index in [4.69, 9.17) is 37.0 Å². The molecule has 5 heterocycles. The molecule has 0 radical (unpaired) electrons. The molecule has 2 aliphatic heterocycles. The third kappa shape index (κ3) is 5.00. The molecule has 10 nitrogen and oxygen atoms in total. The van der Waals surface area contributed by atoms with Crippen molar-refractivity contribution >= 4 is 50.9 Å². The summed E-state index contributed by atoms with van der Waals surface area (Å²) in [6.07, 6.45) is 3.57. The second-order valence-electron chi connectivity index (χ2n) is 10.2. The summed E-state index contributed by atoms with van der Waals surface area (Å²) in [5.41, 5.74) is 7.69. The Bertz CT molecular complexity index is 1600. The predicted octanol–water partition coefficient (Wildman–Crippen LogP) is 3.78. The van der Waals surface area contributed by atoms with Gasteiger partial charge in [-0.3, -0.25) is 4.79 Å². The van der Waals surface area contributed by atoms with Gasteiger partial charge in [0.05, 0.1) is 10.4 Å². The smallest absolute Gasteiger partial charge is 0.320 e. The van der Waals surface area contributed by atoms with Gasteiger partial charge in [0.2, 0.25) is 5.91 Å². The summed E-state index contributed by atoms with van der Waals surface area (Å²) in [5, 5.41) is 2.96. The Balaban J connectivity index is 1.43. The van der Waals surface area contributed by atoms with Crippen LogP contribution in [0.2, 0.25) is 5.02 Å². The molecule has 3 aromatic heterocycles. The number of pyridine rings is 2. The maximum atomic E-state index is 12.1. The Morgan fingerprint density at radius 3 is 2.62 bits per heavy atom. The van der Waals surface area contributed by atoms with Crippen LogP contribution in [0.1, 0.15) is 12.8 Å². The number of ether oxygens (including phenoxy) is 1. The van der Waals surface area contributed by atoms with Crippen LogP contribution >= 0.6 is 11.6 Å². The van der Waals surface area contributed by atoms with E-state index in [1.54, 1.807) is 4.90 Å². The molecule has 2 saturated heterocycles. The number of fused-ring (bicyclic) bond motifs is 2. The predicted molar refractivity (Wildman–Crippen MR) is 158 cm³/mol. The van der Waals surface area contributed by atoms with Crippen LogP contribution in [0.4, 0.5) is 11.6 Å².